The van der Waals surface area contributed by atoms with E-state index in [4.69, 9.17) is 0 Å². The first-order chi connectivity index (χ1) is 7.16. The third-order valence-electron chi connectivity index (χ3n) is 3.91. The summed E-state index contributed by atoms with van der Waals surface area (Å²) >= 11 is 0. The summed E-state index contributed by atoms with van der Waals surface area (Å²) in [6.07, 6.45) is 4.41. The van der Waals surface area contributed by atoms with E-state index in [0.29, 0.717) is 0 Å². The van der Waals surface area contributed by atoms with Gasteiger partial charge in [0.15, 0.2) is 0 Å². The maximum absolute atomic E-state index is 9.97. The largest absolute Gasteiger partial charge is 0.393 e. The molecule has 3 heteroatoms. The molecule has 4 unspecified atom stereocenters. The van der Waals surface area contributed by atoms with E-state index in [2.05, 4.69) is 11.8 Å². The molecule has 0 aromatic rings. The summed E-state index contributed by atoms with van der Waals surface area (Å²) in [6, 6.07) is 0.205. The fourth-order valence-corrected chi connectivity index (χ4v) is 3.03. The molecule has 0 aromatic carbocycles. The van der Waals surface area contributed by atoms with Crippen LogP contribution in [0, 0.1) is 5.92 Å². The Morgan fingerprint density at radius 1 is 1.13 bits per heavy atom. The zero-order valence-electron chi connectivity index (χ0n) is 9.60. The van der Waals surface area contributed by atoms with Gasteiger partial charge < -0.3 is 10.2 Å². The molecule has 0 spiro atoms. The monoisotopic (exact) mass is 213 g/mol. The second-order valence-electron chi connectivity index (χ2n) is 5.34. The van der Waals surface area contributed by atoms with Crippen LogP contribution in [0.4, 0.5) is 0 Å². The van der Waals surface area contributed by atoms with Crippen LogP contribution in [0.3, 0.4) is 0 Å². The minimum Gasteiger partial charge on any atom is -0.393 e. The van der Waals surface area contributed by atoms with Crippen molar-refractivity contribution in [2.24, 2.45) is 5.92 Å². The number of nitrogens with zero attached hydrogens (tertiary/aromatic N) is 1. The quantitative estimate of drug-likeness (QED) is 0.683. The third-order valence-corrected chi connectivity index (χ3v) is 3.91. The Morgan fingerprint density at radius 2 is 1.93 bits per heavy atom. The van der Waals surface area contributed by atoms with Crippen LogP contribution in [-0.2, 0) is 0 Å². The molecule has 2 aliphatic rings. The lowest BCUT2D eigenvalue weighted by Crippen LogP contribution is -2.51. The molecule has 15 heavy (non-hydrogen) atoms. The Kier molecular flexibility index (Phi) is 3.65. The lowest BCUT2D eigenvalue weighted by Gasteiger charge is -2.42. The van der Waals surface area contributed by atoms with E-state index in [-0.39, 0.29) is 18.2 Å². The first kappa shape index (κ1) is 11.4. The van der Waals surface area contributed by atoms with Gasteiger partial charge in [0, 0.05) is 12.6 Å². The number of rotatable bonds is 1. The Balaban J connectivity index is 1.94. The highest BCUT2D eigenvalue weighted by Gasteiger charge is 2.34. The van der Waals surface area contributed by atoms with Crippen molar-refractivity contribution < 1.29 is 10.2 Å². The summed E-state index contributed by atoms with van der Waals surface area (Å²) in [5, 5.41) is 19.6. The van der Waals surface area contributed by atoms with Crippen LogP contribution in [0.5, 0.6) is 0 Å². The maximum atomic E-state index is 9.97. The highest BCUT2D eigenvalue weighted by atomic mass is 16.3. The van der Waals surface area contributed by atoms with E-state index in [1.165, 1.54) is 12.8 Å². The van der Waals surface area contributed by atoms with Crippen LogP contribution in [0.25, 0.3) is 0 Å². The Morgan fingerprint density at radius 3 is 2.67 bits per heavy atom. The van der Waals surface area contributed by atoms with E-state index in [1.54, 1.807) is 0 Å². The number of aliphatic hydroxyl groups is 2. The Hall–Kier alpha value is -0.120. The van der Waals surface area contributed by atoms with Gasteiger partial charge in [0.25, 0.3) is 0 Å². The van der Waals surface area contributed by atoms with Gasteiger partial charge in [-0.05, 0) is 44.6 Å². The van der Waals surface area contributed by atoms with E-state index < -0.39 is 0 Å². The smallest absolute Gasteiger partial charge is 0.0697 e. The van der Waals surface area contributed by atoms with Gasteiger partial charge in [0.2, 0.25) is 0 Å². The van der Waals surface area contributed by atoms with Crippen molar-refractivity contribution >= 4 is 0 Å². The zero-order chi connectivity index (χ0) is 10.8. The number of hydrogen-bond acceptors (Lipinski definition) is 3. The van der Waals surface area contributed by atoms with Crippen LogP contribution in [0.15, 0.2) is 0 Å². The van der Waals surface area contributed by atoms with Gasteiger partial charge in [-0.15, -0.1) is 0 Å². The van der Waals surface area contributed by atoms with Crippen molar-refractivity contribution in [1.29, 1.82) is 0 Å². The van der Waals surface area contributed by atoms with Crippen LogP contribution >= 0.6 is 0 Å². The lowest BCUT2D eigenvalue weighted by atomic mass is 9.87. The SMILES string of the molecule is CC1CCCN(C2CC(O)CCC2O)C1. The first-order valence-corrected chi connectivity index (χ1v) is 6.27. The molecule has 1 saturated carbocycles. The van der Waals surface area contributed by atoms with Crippen LogP contribution in [0.2, 0.25) is 0 Å². The fourth-order valence-electron chi connectivity index (χ4n) is 3.03. The molecular formula is C12H23NO2. The molecule has 0 aromatic heterocycles. The fraction of sp³-hybridized carbons (Fsp3) is 1.00. The number of hydrogen-bond donors (Lipinski definition) is 2. The molecule has 0 amide bonds. The molecule has 1 heterocycles. The first-order valence-electron chi connectivity index (χ1n) is 6.27. The van der Waals surface area contributed by atoms with Gasteiger partial charge in [0.1, 0.15) is 0 Å². The molecule has 1 saturated heterocycles. The highest BCUT2D eigenvalue weighted by Crippen LogP contribution is 2.27. The van der Waals surface area contributed by atoms with Crippen LogP contribution in [-0.4, -0.2) is 46.5 Å². The summed E-state index contributed by atoms with van der Waals surface area (Å²) in [6.45, 7) is 4.46. The second kappa shape index (κ2) is 4.81. The Labute approximate surface area is 92.1 Å². The van der Waals surface area contributed by atoms with Crippen LogP contribution < -0.4 is 0 Å². The van der Waals surface area contributed by atoms with Gasteiger partial charge >= 0.3 is 0 Å². The minimum atomic E-state index is -0.223. The van der Waals surface area contributed by atoms with E-state index in [9.17, 15) is 10.2 Å². The van der Waals surface area contributed by atoms with Crippen molar-refractivity contribution in [3.8, 4) is 0 Å². The topological polar surface area (TPSA) is 43.7 Å². The predicted octanol–water partition coefficient (Wildman–Crippen LogP) is 0.993. The number of likely N-dealkylation sites (tertiary alicyclic amines) is 1. The van der Waals surface area contributed by atoms with Crippen LogP contribution in [0.1, 0.15) is 39.0 Å². The van der Waals surface area contributed by atoms with Crippen molar-refractivity contribution in [1.82, 2.24) is 4.90 Å². The van der Waals surface area contributed by atoms with Crippen molar-refractivity contribution in [2.75, 3.05) is 13.1 Å². The predicted molar refractivity (Wildman–Crippen MR) is 59.6 cm³/mol. The Bertz CT molecular complexity index is 210. The van der Waals surface area contributed by atoms with E-state index in [1.807, 2.05) is 0 Å². The third kappa shape index (κ3) is 2.71. The molecule has 1 aliphatic carbocycles. The molecule has 2 rings (SSSR count). The molecule has 1 aliphatic heterocycles. The standard InChI is InChI=1S/C12H23NO2/c1-9-3-2-6-13(8-9)11-7-10(14)4-5-12(11)15/h9-12,14-15H,2-8H2,1H3. The molecule has 2 fully saturated rings. The molecule has 0 radical (unpaired) electrons. The van der Waals surface area contributed by atoms with Gasteiger partial charge in [-0.1, -0.05) is 6.92 Å². The van der Waals surface area contributed by atoms with Crippen molar-refractivity contribution in [3.05, 3.63) is 0 Å². The summed E-state index contributed by atoms with van der Waals surface area (Å²) in [7, 11) is 0. The number of aliphatic hydroxyl groups excluding tert-OH is 2. The zero-order valence-corrected chi connectivity index (χ0v) is 9.60. The maximum Gasteiger partial charge on any atom is 0.0697 e. The molecule has 3 nitrogen and oxygen atoms in total. The van der Waals surface area contributed by atoms with Gasteiger partial charge in [-0.25, -0.2) is 0 Å². The summed E-state index contributed by atoms with van der Waals surface area (Å²) in [5.74, 6) is 0.741. The second-order valence-corrected chi connectivity index (χ2v) is 5.34. The average molecular weight is 213 g/mol. The summed E-state index contributed by atoms with van der Waals surface area (Å²) in [5.41, 5.74) is 0. The highest BCUT2D eigenvalue weighted by molar-refractivity contribution is 4.88. The van der Waals surface area contributed by atoms with Gasteiger partial charge in [0.05, 0.1) is 12.2 Å². The van der Waals surface area contributed by atoms with Crippen molar-refractivity contribution in [3.63, 3.8) is 0 Å². The molecule has 88 valence electrons. The molecule has 2 N–H and O–H groups in total. The molecule has 4 atom stereocenters. The molecular weight excluding hydrogens is 190 g/mol. The number of piperidine rings is 1. The summed E-state index contributed by atoms with van der Waals surface area (Å²) in [4.78, 5) is 2.39. The minimum absolute atomic E-state index is 0.198. The van der Waals surface area contributed by atoms with Crippen molar-refractivity contribution in [2.45, 2.75) is 57.3 Å². The van der Waals surface area contributed by atoms with E-state index >= 15 is 0 Å². The lowest BCUT2D eigenvalue weighted by molar-refractivity contribution is -0.0364. The average Bonchev–Trinajstić information content (AvgIpc) is 2.22. The summed E-state index contributed by atoms with van der Waals surface area (Å²) < 4.78 is 0. The van der Waals surface area contributed by atoms with Gasteiger partial charge in [-0.3, -0.25) is 4.90 Å². The normalized spacial score (nSPS) is 44.2. The van der Waals surface area contributed by atoms with Gasteiger partial charge in [-0.2, -0.15) is 0 Å². The molecule has 0 bridgehead atoms. The van der Waals surface area contributed by atoms with E-state index in [0.717, 1.165) is 38.3 Å².